The zero-order valence-corrected chi connectivity index (χ0v) is 31.8. The highest BCUT2D eigenvalue weighted by molar-refractivity contribution is 6.60. The maximum absolute atomic E-state index is 5.55. The number of rotatable bonds is 39. The third kappa shape index (κ3) is 32.0. The van der Waals surface area contributed by atoms with Crippen molar-refractivity contribution < 1.29 is 13.3 Å². The van der Waals surface area contributed by atoms with Gasteiger partial charge in [0.1, 0.15) is 0 Å². The third-order valence-electron chi connectivity index (χ3n) is 9.87. The average Bonchev–Trinajstić information content (AvgIpc) is 3.05. The van der Waals surface area contributed by atoms with Gasteiger partial charge in [-0.1, -0.05) is 205 Å². The smallest absolute Gasteiger partial charge is 0.377 e. The first kappa shape index (κ1) is 44.1. The van der Waals surface area contributed by atoms with Gasteiger partial charge < -0.3 is 19.0 Å². The van der Waals surface area contributed by atoms with Crippen molar-refractivity contribution in [2.75, 3.05) is 27.9 Å². The van der Waals surface area contributed by atoms with Gasteiger partial charge in [0, 0.05) is 27.4 Å². The largest absolute Gasteiger partial charge is 0.500 e. The van der Waals surface area contributed by atoms with Crippen LogP contribution in [-0.4, -0.2) is 36.7 Å². The highest BCUT2D eigenvalue weighted by atomic mass is 28.4. The molecule has 4 nitrogen and oxygen atoms in total. The van der Waals surface area contributed by atoms with Gasteiger partial charge in [-0.2, -0.15) is 0 Å². The van der Waals surface area contributed by atoms with E-state index < -0.39 is 8.80 Å². The average molecular weight is 642 g/mol. The molecule has 0 rings (SSSR count). The standard InChI is InChI=1S/C39H83NO3Si/c1-41-44(42-2,43-3)39-37-35-33-31-29-27-25-23-21-19-17-15-13-11-9-7-5-4-6-8-10-12-14-16-18-20-22-24-26-28-30-32-34-36-38-40/h4-40H2,1-3H3. The zero-order chi connectivity index (χ0) is 32.1. The molecule has 5 heteroatoms. The summed E-state index contributed by atoms with van der Waals surface area (Å²) in [5.41, 5.74) is 5.55. The van der Waals surface area contributed by atoms with E-state index in [1.54, 1.807) is 21.3 Å². The van der Waals surface area contributed by atoms with Crippen molar-refractivity contribution in [2.24, 2.45) is 5.73 Å². The van der Waals surface area contributed by atoms with E-state index in [9.17, 15) is 0 Å². The van der Waals surface area contributed by atoms with Gasteiger partial charge in [0.25, 0.3) is 0 Å². The second-order valence-electron chi connectivity index (χ2n) is 13.9. The van der Waals surface area contributed by atoms with Crippen molar-refractivity contribution in [1.29, 1.82) is 0 Å². The van der Waals surface area contributed by atoms with E-state index in [0.717, 1.165) is 19.0 Å². The highest BCUT2D eigenvalue weighted by Gasteiger charge is 2.36. The van der Waals surface area contributed by atoms with Crippen molar-refractivity contribution in [1.82, 2.24) is 0 Å². The predicted molar refractivity (Wildman–Crippen MR) is 198 cm³/mol. The SMILES string of the molecule is CO[Si](CCCCCCCCCCCCCCCCCCCCCCCCCCCCCCCCCCCCN)(OC)OC. The number of hydrogen-bond acceptors (Lipinski definition) is 4. The Hall–Kier alpha value is 0.0569. The van der Waals surface area contributed by atoms with Gasteiger partial charge in [0.15, 0.2) is 0 Å². The van der Waals surface area contributed by atoms with E-state index >= 15 is 0 Å². The molecule has 0 bridgehead atoms. The topological polar surface area (TPSA) is 53.7 Å². The maximum Gasteiger partial charge on any atom is 0.500 e. The van der Waals surface area contributed by atoms with E-state index in [2.05, 4.69) is 0 Å². The normalized spacial score (nSPS) is 12.0. The third-order valence-corrected chi connectivity index (χ3v) is 12.7. The number of nitrogens with two attached hydrogens (primary N) is 1. The molecule has 0 heterocycles. The van der Waals surface area contributed by atoms with Crippen molar-refractivity contribution >= 4 is 8.80 Å². The first-order chi connectivity index (χ1) is 21.7. The van der Waals surface area contributed by atoms with Crippen molar-refractivity contribution in [3.05, 3.63) is 0 Å². The van der Waals surface area contributed by atoms with E-state index in [1.807, 2.05) is 0 Å². The van der Waals surface area contributed by atoms with Gasteiger partial charge in [-0.25, -0.2) is 0 Å². The summed E-state index contributed by atoms with van der Waals surface area (Å²) in [7, 11) is 2.79. The molecule has 2 N–H and O–H groups in total. The Morgan fingerprint density at radius 3 is 0.591 bits per heavy atom. The lowest BCUT2D eigenvalue weighted by Gasteiger charge is -2.24. The van der Waals surface area contributed by atoms with E-state index in [1.165, 1.54) is 212 Å². The maximum atomic E-state index is 5.55. The van der Waals surface area contributed by atoms with Crippen molar-refractivity contribution in [2.45, 2.75) is 224 Å². The van der Waals surface area contributed by atoms with Crippen LogP contribution in [0, 0.1) is 0 Å². The minimum Gasteiger partial charge on any atom is -0.377 e. The number of hydrogen-bond donors (Lipinski definition) is 1. The van der Waals surface area contributed by atoms with Gasteiger partial charge in [-0.3, -0.25) is 0 Å². The Morgan fingerprint density at radius 2 is 0.432 bits per heavy atom. The van der Waals surface area contributed by atoms with E-state index in [0.29, 0.717) is 0 Å². The molecule has 0 aromatic carbocycles. The fourth-order valence-electron chi connectivity index (χ4n) is 6.70. The summed E-state index contributed by atoms with van der Waals surface area (Å²) in [5, 5.41) is 0. The van der Waals surface area contributed by atoms with Crippen LogP contribution in [0.4, 0.5) is 0 Å². The molecule has 0 aliphatic carbocycles. The Labute approximate surface area is 279 Å². The summed E-state index contributed by atoms with van der Waals surface area (Å²) >= 11 is 0. The Bertz CT molecular complexity index is 509. The van der Waals surface area contributed by atoms with Crippen LogP contribution in [0.2, 0.25) is 6.04 Å². The molecule has 44 heavy (non-hydrogen) atoms. The Kier molecular flexibility index (Phi) is 37.6. The van der Waals surface area contributed by atoms with Gasteiger partial charge in [-0.05, 0) is 19.4 Å². The summed E-state index contributed by atoms with van der Waals surface area (Å²) < 4.78 is 16.5. The van der Waals surface area contributed by atoms with Gasteiger partial charge in [-0.15, -0.1) is 0 Å². The molecule has 0 aromatic rings. The summed E-state index contributed by atoms with van der Waals surface area (Å²) in [5.74, 6) is 0. The molecule has 0 aromatic heterocycles. The predicted octanol–water partition coefficient (Wildman–Crippen LogP) is 13.1. The van der Waals surface area contributed by atoms with Crippen LogP contribution in [-0.2, 0) is 13.3 Å². The minimum absolute atomic E-state index is 0.870. The second-order valence-corrected chi connectivity index (χ2v) is 16.9. The van der Waals surface area contributed by atoms with Crippen LogP contribution < -0.4 is 5.73 Å². The van der Waals surface area contributed by atoms with Crippen LogP contribution >= 0.6 is 0 Å². The van der Waals surface area contributed by atoms with Crippen LogP contribution in [0.25, 0.3) is 0 Å². The lowest BCUT2D eigenvalue weighted by atomic mass is 10.0. The minimum atomic E-state index is -2.35. The fourth-order valence-corrected chi connectivity index (χ4v) is 8.49. The van der Waals surface area contributed by atoms with Crippen LogP contribution in [0.15, 0.2) is 0 Å². The molecule has 0 spiro atoms. The van der Waals surface area contributed by atoms with Crippen LogP contribution in [0.5, 0.6) is 0 Å². The molecule has 0 saturated carbocycles. The molecule has 0 unspecified atom stereocenters. The second kappa shape index (κ2) is 37.5. The molecule has 0 radical (unpaired) electrons. The van der Waals surface area contributed by atoms with Gasteiger partial charge in [0.05, 0.1) is 0 Å². The van der Waals surface area contributed by atoms with Gasteiger partial charge >= 0.3 is 8.80 Å². The summed E-state index contributed by atoms with van der Waals surface area (Å²) in [6.07, 6.45) is 48.5. The monoisotopic (exact) mass is 642 g/mol. The van der Waals surface area contributed by atoms with Crippen LogP contribution in [0.3, 0.4) is 0 Å². The van der Waals surface area contributed by atoms with Crippen molar-refractivity contribution in [3.63, 3.8) is 0 Å². The zero-order valence-electron chi connectivity index (χ0n) is 30.8. The first-order valence-corrected chi connectivity index (χ1v) is 22.0. The molecule has 0 saturated heterocycles. The molecule has 0 aliphatic rings. The molecule has 0 amide bonds. The number of unbranched alkanes of at least 4 members (excludes halogenated alkanes) is 33. The molecular weight excluding hydrogens is 559 g/mol. The molecule has 0 atom stereocenters. The molecule has 0 fully saturated rings. The Morgan fingerprint density at radius 1 is 0.273 bits per heavy atom. The summed E-state index contributed by atoms with van der Waals surface area (Å²) in [4.78, 5) is 0. The van der Waals surface area contributed by atoms with Crippen LogP contribution in [0.1, 0.15) is 218 Å². The lowest BCUT2D eigenvalue weighted by Crippen LogP contribution is -2.42. The quantitative estimate of drug-likeness (QED) is 0.0536. The molecular formula is C39H83NO3Si. The van der Waals surface area contributed by atoms with Gasteiger partial charge in [0.2, 0.25) is 0 Å². The van der Waals surface area contributed by atoms with Crippen molar-refractivity contribution in [3.8, 4) is 0 Å². The summed E-state index contributed by atoms with van der Waals surface area (Å²) in [6.45, 7) is 0.870. The summed E-state index contributed by atoms with van der Waals surface area (Å²) in [6, 6.07) is 0.939. The lowest BCUT2D eigenvalue weighted by molar-refractivity contribution is 0.122. The first-order valence-electron chi connectivity index (χ1n) is 20.1. The van der Waals surface area contributed by atoms with E-state index in [-0.39, 0.29) is 0 Å². The molecule has 266 valence electrons. The molecule has 0 aliphatic heterocycles. The Balaban J connectivity index is 3.11. The highest BCUT2D eigenvalue weighted by Crippen LogP contribution is 2.19. The van der Waals surface area contributed by atoms with E-state index in [4.69, 9.17) is 19.0 Å². The fraction of sp³-hybridized carbons (Fsp3) is 1.00.